The van der Waals surface area contributed by atoms with Gasteiger partial charge in [-0.2, -0.15) is 0 Å². The third kappa shape index (κ3) is 3.63. The van der Waals surface area contributed by atoms with Crippen LogP contribution in [0.4, 0.5) is 0 Å². The van der Waals surface area contributed by atoms with Crippen LogP contribution in [0.5, 0.6) is 0 Å². The van der Waals surface area contributed by atoms with Crippen molar-refractivity contribution in [2.45, 2.75) is 11.3 Å². The topological polar surface area (TPSA) is 46.2 Å². The van der Waals surface area contributed by atoms with Gasteiger partial charge in [0.15, 0.2) is 0 Å². The van der Waals surface area contributed by atoms with Gasteiger partial charge in [0.05, 0.1) is 4.90 Å². The molecule has 0 saturated carbocycles. The molecule has 5 heteroatoms. The van der Waals surface area contributed by atoms with E-state index in [2.05, 4.69) is 20.7 Å². The summed E-state index contributed by atoms with van der Waals surface area (Å²) in [6.07, 6.45) is 0.661. The first-order valence-electron chi connectivity index (χ1n) is 7.29. The average Bonchev–Trinajstić information content (AvgIpc) is 2.56. The number of hydrogen-bond acceptors (Lipinski definition) is 2. The fraction of sp³-hybridized carbons (Fsp3) is 0.111. The standard InChI is InChI=1S/C18H16BrNO2S/c19-17-10-11-18(16-9-5-4-8-15(16)17)23(21,22)20-13-12-14-6-2-1-3-7-14/h1-11,20H,12-13H2. The van der Waals surface area contributed by atoms with E-state index in [1.807, 2.05) is 54.6 Å². The second-order valence-corrected chi connectivity index (χ2v) is 7.81. The van der Waals surface area contributed by atoms with Crippen molar-refractivity contribution < 1.29 is 8.42 Å². The molecular weight excluding hydrogens is 374 g/mol. The highest BCUT2D eigenvalue weighted by atomic mass is 79.9. The Hall–Kier alpha value is -1.69. The van der Waals surface area contributed by atoms with Crippen molar-refractivity contribution in [3.63, 3.8) is 0 Å². The number of sulfonamides is 1. The highest BCUT2D eigenvalue weighted by Gasteiger charge is 2.17. The molecule has 0 atom stereocenters. The molecule has 0 spiro atoms. The van der Waals surface area contributed by atoms with Crippen LogP contribution in [0.25, 0.3) is 10.8 Å². The molecule has 0 heterocycles. The Bertz CT molecular complexity index is 924. The van der Waals surface area contributed by atoms with E-state index < -0.39 is 10.0 Å². The van der Waals surface area contributed by atoms with Crippen molar-refractivity contribution >= 4 is 36.7 Å². The first-order chi connectivity index (χ1) is 11.1. The van der Waals surface area contributed by atoms with E-state index in [1.165, 1.54) is 0 Å². The second kappa shape index (κ2) is 6.83. The molecule has 3 nitrogen and oxygen atoms in total. The summed E-state index contributed by atoms with van der Waals surface area (Å²) in [6, 6.07) is 20.7. The smallest absolute Gasteiger partial charge is 0.211 e. The Labute approximate surface area is 144 Å². The minimum absolute atomic E-state index is 0.310. The van der Waals surface area contributed by atoms with Gasteiger partial charge in [-0.1, -0.05) is 70.5 Å². The van der Waals surface area contributed by atoms with Crippen molar-refractivity contribution in [2.24, 2.45) is 0 Å². The molecule has 118 valence electrons. The van der Waals surface area contributed by atoms with Crippen LogP contribution in [0.15, 0.2) is 76.1 Å². The number of halogens is 1. The lowest BCUT2D eigenvalue weighted by molar-refractivity contribution is 0.582. The molecule has 0 unspecified atom stereocenters. The molecule has 3 aromatic rings. The zero-order chi connectivity index (χ0) is 16.3. The maximum atomic E-state index is 12.6. The summed E-state index contributed by atoms with van der Waals surface area (Å²) >= 11 is 3.47. The Morgan fingerprint density at radius 1 is 0.826 bits per heavy atom. The predicted molar refractivity (Wildman–Crippen MR) is 97.0 cm³/mol. The number of fused-ring (bicyclic) bond motifs is 1. The van der Waals surface area contributed by atoms with E-state index in [1.54, 1.807) is 12.1 Å². The van der Waals surface area contributed by atoms with Gasteiger partial charge in [-0.15, -0.1) is 0 Å². The summed E-state index contributed by atoms with van der Waals surface area (Å²) in [5.41, 5.74) is 1.11. The molecule has 0 aliphatic carbocycles. The molecule has 0 aromatic heterocycles. The van der Waals surface area contributed by atoms with Gasteiger partial charge in [0, 0.05) is 16.4 Å². The normalized spacial score (nSPS) is 11.7. The second-order valence-electron chi connectivity index (χ2n) is 5.22. The highest BCUT2D eigenvalue weighted by molar-refractivity contribution is 9.10. The van der Waals surface area contributed by atoms with Crippen LogP contribution in [0, 0.1) is 0 Å². The van der Waals surface area contributed by atoms with Gasteiger partial charge < -0.3 is 0 Å². The first-order valence-corrected chi connectivity index (χ1v) is 9.56. The Kier molecular flexibility index (Phi) is 4.80. The van der Waals surface area contributed by atoms with Crippen LogP contribution >= 0.6 is 15.9 Å². The van der Waals surface area contributed by atoms with E-state index in [0.717, 1.165) is 15.4 Å². The zero-order valence-electron chi connectivity index (χ0n) is 12.4. The Morgan fingerprint density at radius 2 is 1.48 bits per heavy atom. The van der Waals surface area contributed by atoms with Crippen molar-refractivity contribution in [3.8, 4) is 0 Å². The van der Waals surface area contributed by atoms with Crippen molar-refractivity contribution in [3.05, 3.63) is 76.8 Å². The predicted octanol–water partition coefficient (Wildman–Crippen LogP) is 4.12. The molecule has 0 radical (unpaired) electrons. The summed E-state index contributed by atoms with van der Waals surface area (Å²) in [7, 11) is -3.54. The van der Waals surface area contributed by atoms with Gasteiger partial charge in [-0.05, 0) is 29.5 Å². The van der Waals surface area contributed by atoms with Gasteiger partial charge >= 0.3 is 0 Å². The van der Waals surface area contributed by atoms with Gasteiger partial charge in [0.1, 0.15) is 0 Å². The van der Waals surface area contributed by atoms with E-state index >= 15 is 0 Å². The largest absolute Gasteiger partial charge is 0.241 e. The van der Waals surface area contributed by atoms with Gasteiger partial charge in [-0.25, -0.2) is 13.1 Å². The van der Waals surface area contributed by atoms with Crippen molar-refractivity contribution in [2.75, 3.05) is 6.54 Å². The van der Waals surface area contributed by atoms with Gasteiger partial charge in [0.2, 0.25) is 10.0 Å². The van der Waals surface area contributed by atoms with Crippen LogP contribution in [0.3, 0.4) is 0 Å². The molecule has 0 bridgehead atoms. The van der Waals surface area contributed by atoms with E-state index in [9.17, 15) is 8.42 Å². The summed E-state index contributed by atoms with van der Waals surface area (Å²) in [4.78, 5) is 0.310. The summed E-state index contributed by atoms with van der Waals surface area (Å²) in [6.45, 7) is 0.372. The average molecular weight is 390 g/mol. The lowest BCUT2D eigenvalue weighted by Gasteiger charge is -2.10. The number of benzene rings is 3. The minimum Gasteiger partial charge on any atom is -0.211 e. The molecule has 0 aliphatic heterocycles. The lowest BCUT2D eigenvalue weighted by Crippen LogP contribution is -2.26. The first kappa shape index (κ1) is 16.2. The molecule has 0 fully saturated rings. The van der Waals surface area contributed by atoms with Crippen molar-refractivity contribution in [1.29, 1.82) is 0 Å². The quantitative estimate of drug-likeness (QED) is 0.712. The van der Waals surface area contributed by atoms with Crippen LogP contribution < -0.4 is 4.72 Å². The summed E-state index contributed by atoms with van der Waals surface area (Å²) < 4.78 is 28.8. The molecule has 23 heavy (non-hydrogen) atoms. The summed E-state index contributed by atoms with van der Waals surface area (Å²) in [5, 5.41) is 1.60. The molecule has 0 amide bonds. The maximum Gasteiger partial charge on any atom is 0.241 e. The molecular formula is C18H16BrNO2S. The molecule has 3 rings (SSSR count). The number of nitrogens with one attached hydrogen (secondary N) is 1. The maximum absolute atomic E-state index is 12.6. The zero-order valence-corrected chi connectivity index (χ0v) is 14.8. The van der Waals surface area contributed by atoms with Crippen molar-refractivity contribution in [1.82, 2.24) is 4.72 Å². The van der Waals surface area contributed by atoms with Crippen LogP contribution in [0.1, 0.15) is 5.56 Å². The molecule has 0 saturated heterocycles. The third-order valence-corrected chi connectivity index (χ3v) is 5.88. The van der Waals surface area contributed by atoms with Crippen LogP contribution in [-0.2, 0) is 16.4 Å². The van der Waals surface area contributed by atoms with E-state index in [4.69, 9.17) is 0 Å². The number of rotatable bonds is 5. The van der Waals surface area contributed by atoms with E-state index in [0.29, 0.717) is 23.2 Å². The van der Waals surface area contributed by atoms with Crippen LogP contribution in [-0.4, -0.2) is 15.0 Å². The minimum atomic E-state index is -3.54. The Balaban J connectivity index is 1.84. The third-order valence-electron chi connectivity index (χ3n) is 3.67. The Morgan fingerprint density at radius 3 is 2.22 bits per heavy atom. The highest BCUT2D eigenvalue weighted by Crippen LogP contribution is 2.29. The molecule has 3 aromatic carbocycles. The van der Waals surface area contributed by atoms with Gasteiger partial charge in [-0.3, -0.25) is 0 Å². The van der Waals surface area contributed by atoms with E-state index in [-0.39, 0.29) is 0 Å². The monoisotopic (exact) mass is 389 g/mol. The molecule has 0 aliphatic rings. The fourth-order valence-electron chi connectivity index (χ4n) is 2.52. The summed E-state index contributed by atoms with van der Waals surface area (Å²) in [5.74, 6) is 0. The lowest BCUT2D eigenvalue weighted by atomic mass is 10.1. The SMILES string of the molecule is O=S(=O)(NCCc1ccccc1)c1ccc(Br)c2ccccc12. The number of hydrogen-bond donors (Lipinski definition) is 1. The molecule has 1 N–H and O–H groups in total. The fourth-order valence-corrected chi connectivity index (χ4v) is 4.24. The van der Waals surface area contributed by atoms with Gasteiger partial charge in [0.25, 0.3) is 0 Å². The van der Waals surface area contributed by atoms with Crippen LogP contribution in [0.2, 0.25) is 0 Å².